The molecule has 1 N–H and O–H groups in total. The van der Waals surface area contributed by atoms with Crippen LogP contribution >= 0.6 is 0 Å². The molecule has 0 unspecified atom stereocenters. The molecule has 134 valence electrons. The van der Waals surface area contributed by atoms with Gasteiger partial charge >= 0.3 is 6.03 Å². The van der Waals surface area contributed by atoms with Gasteiger partial charge in [0.15, 0.2) is 0 Å². The number of amides is 3. The quantitative estimate of drug-likeness (QED) is 0.658. The first-order chi connectivity index (χ1) is 12.4. The minimum absolute atomic E-state index is 0.0786. The molecule has 2 aromatic carbocycles. The first-order valence-corrected chi connectivity index (χ1v) is 8.28. The Kier molecular flexibility index (Phi) is 5.02. The Balaban J connectivity index is 1.73. The molecule has 5 nitrogen and oxygen atoms in total. The van der Waals surface area contributed by atoms with E-state index >= 15 is 0 Å². The van der Waals surface area contributed by atoms with Crippen LogP contribution in [0.2, 0.25) is 0 Å². The summed E-state index contributed by atoms with van der Waals surface area (Å²) in [5.74, 6) is -0.0415. The lowest BCUT2D eigenvalue weighted by atomic mass is 10.1. The highest BCUT2D eigenvalue weighted by Gasteiger charge is 2.33. The summed E-state index contributed by atoms with van der Waals surface area (Å²) in [4.78, 5) is 25.7. The van der Waals surface area contributed by atoms with Gasteiger partial charge < -0.3 is 10.1 Å². The Morgan fingerprint density at radius 3 is 2.35 bits per heavy atom. The molecule has 0 bridgehead atoms. The van der Waals surface area contributed by atoms with Gasteiger partial charge in [-0.05, 0) is 55.3 Å². The van der Waals surface area contributed by atoms with Crippen LogP contribution in [0.3, 0.4) is 0 Å². The van der Waals surface area contributed by atoms with E-state index in [2.05, 4.69) is 5.32 Å². The van der Waals surface area contributed by atoms with Crippen molar-refractivity contribution in [1.29, 1.82) is 0 Å². The molecule has 1 fully saturated rings. The maximum absolute atomic E-state index is 13.0. The van der Waals surface area contributed by atoms with Crippen molar-refractivity contribution in [2.75, 3.05) is 0 Å². The predicted octanol–water partition coefficient (Wildman–Crippen LogP) is 3.71. The van der Waals surface area contributed by atoms with Gasteiger partial charge in [0.2, 0.25) is 0 Å². The fraction of sp³-hybridized carbons (Fsp3) is 0.200. The third-order valence-electron chi connectivity index (χ3n) is 3.78. The number of rotatable bonds is 5. The summed E-state index contributed by atoms with van der Waals surface area (Å²) in [7, 11) is 0. The first kappa shape index (κ1) is 17.7. The molecular weight excluding hydrogens is 335 g/mol. The van der Waals surface area contributed by atoms with E-state index in [0.29, 0.717) is 5.56 Å². The van der Waals surface area contributed by atoms with E-state index in [1.54, 1.807) is 18.2 Å². The minimum Gasteiger partial charge on any atom is -0.491 e. The fourth-order valence-electron chi connectivity index (χ4n) is 2.57. The lowest BCUT2D eigenvalue weighted by Gasteiger charge is -2.11. The van der Waals surface area contributed by atoms with E-state index in [4.69, 9.17) is 4.74 Å². The minimum atomic E-state index is -0.495. The number of urea groups is 1. The van der Waals surface area contributed by atoms with Crippen LogP contribution < -0.4 is 10.1 Å². The van der Waals surface area contributed by atoms with Gasteiger partial charge in [-0.15, -0.1) is 0 Å². The van der Waals surface area contributed by atoms with Gasteiger partial charge in [-0.3, -0.25) is 9.69 Å². The number of imide groups is 1. The number of hydrogen-bond donors (Lipinski definition) is 1. The van der Waals surface area contributed by atoms with Crippen molar-refractivity contribution in [3.8, 4) is 5.75 Å². The number of carbonyl (C=O) groups excluding carboxylic acids is 2. The Hall–Kier alpha value is -3.15. The summed E-state index contributed by atoms with van der Waals surface area (Å²) in [6.07, 6.45) is 1.69. The summed E-state index contributed by atoms with van der Waals surface area (Å²) in [6.45, 7) is 3.97. The Labute approximate surface area is 151 Å². The summed E-state index contributed by atoms with van der Waals surface area (Å²) < 4.78 is 18.6. The van der Waals surface area contributed by atoms with Gasteiger partial charge in [-0.25, -0.2) is 9.18 Å². The van der Waals surface area contributed by atoms with Gasteiger partial charge in [-0.1, -0.05) is 24.3 Å². The molecular formula is C20H19FN2O3. The smallest absolute Gasteiger partial charge is 0.329 e. The lowest BCUT2D eigenvalue weighted by molar-refractivity contribution is -0.123. The second-order valence-corrected chi connectivity index (χ2v) is 6.24. The largest absolute Gasteiger partial charge is 0.491 e. The maximum Gasteiger partial charge on any atom is 0.329 e. The van der Waals surface area contributed by atoms with Crippen LogP contribution in [0.1, 0.15) is 25.0 Å². The molecule has 0 spiro atoms. The van der Waals surface area contributed by atoms with Crippen molar-refractivity contribution < 1.29 is 18.7 Å². The molecule has 0 aliphatic carbocycles. The number of benzene rings is 2. The third kappa shape index (κ3) is 4.08. The molecule has 6 heteroatoms. The van der Waals surface area contributed by atoms with Crippen molar-refractivity contribution in [2.45, 2.75) is 26.5 Å². The average molecular weight is 354 g/mol. The first-order valence-electron chi connectivity index (χ1n) is 8.28. The summed E-state index contributed by atoms with van der Waals surface area (Å²) in [5, 5.41) is 2.57. The van der Waals surface area contributed by atoms with Crippen LogP contribution in [0.15, 0.2) is 54.2 Å². The topological polar surface area (TPSA) is 58.6 Å². The summed E-state index contributed by atoms with van der Waals surface area (Å²) in [6, 6.07) is 12.4. The van der Waals surface area contributed by atoms with Crippen LogP contribution in [-0.2, 0) is 11.3 Å². The van der Waals surface area contributed by atoms with Crippen molar-refractivity contribution in [2.24, 2.45) is 0 Å². The Morgan fingerprint density at radius 1 is 1.08 bits per heavy atom. The lowest BCUT2D eigenvalue weighted by Crippen LogP contribution is -2.30. The van der Waals surface area contributed by atoms with Crippen molar-refractivity contribution in [1.82, 2.24) is 10.2 Å². The molecule has 1 aliphatic rings. The fourth-order valence-corrected chi connectivity index (χ4v) is 2.57. The number of carbonyl (C=O) groups is 2. The van der Waals surface area contributed by atoms with Crippen molar-refractivity contribution in [3.63, 3.8) is 0 Å². The molecule has 0 saturated carbocycles. The highest BCUT2D eigenvalue weighted by atomic mass is 19.1. The van der Waals surface area contributed by atoms with Crippen LogP contribution in [0.4, 0.5) is 9.18 Å². The normalized spacial score (nSPS) is 15.7. The second kappa shape index (κ2) is 7.39. The Morgan fingerprint density at radius 2 is 1.73 bits per heavy atom. The zero-order chi connectivity index (χ0) is 18.7. The molecule has 0 aromatic heterocycles. The Bertz CT molecular complexity index is 842. The van der Waals surface area contributed by atoms with E-state index < -0.39 is 11.9 Å². The van der Waals surface area contributed by atoms with Gasteiger partial charge in [-0.2, -0.15) is 0 Å². The number of nitrogens with zero attached hydrogens (tertiary/aromatic N) is 1. The van der Waals surface area contributed by atoms with Crippen LogP contribution in [0.5, 0.6) is 5.75 Å². The van der Waals surface area contributed by atoms with E-state index in [1.807, 2.05) is 38.1 Å². The van der Waals surface area contributed by atoms with Crippen LogP contribution in [-0.4, -0.2) is 22.9 Å². The van der Waals surface area contributed by atoms with Gasteiger partial charge in [0, 0.05) is 0 Å². The van der Waals surface area contributed by atoms with Crippen molar-refractivity contribution in [3.05, 3.63) is 71.2 Å². The number of halogens is 1. The van der Waals surface area contributed by atoms with Gasteiger partial charge in [0.05, 0.1) is 12.6 Å². The zero-order valence-corrected chi connectivity index (χ0v) is 14.5. The zero-order valence-electron chi connectivity index (χ0n) is 14.5. The molecule has 1 saturated heterocycles. The van der Waals surface area contributed by atoms with E-state index in [1.165, 1.54) is 12.1 Å². The predicted molar refractivity (Wildman–Crippen MR) is 95.7 cm³/mol. The number of hydrogen-bond acceptors (Lipinski definition) is 3. The standard InChI is InChI=1S/C20H19FN2O3/c1-13(2)26-17-9-5-14(6-10-17)11-18-19(24)23(20(25)22-18)12-15-3-7-16(21)8-4-15/h3-11,13H,12H2,1-2H3,(H,22,25)/b18-11+. The summed E-state index contributed by atoms with van der Waals surface area (Å²) >= 11 is 0. The third-order valence-corrected chi connectivity index (χ3v) is 3.78. The van der Waals surface area contributed by atoms with Crippen LogP contribution in [0.25, 0.3) is 6.08 Å². The maximum atomic E-state index is 13.0. The molecule has 3 amide bonds. The molecule has 3 rings (SSSR count). The number of nitrogens with one attached hydrogen (secondary N) is 1. The van der Waals surface area contributed by atoms with Gasteiger partial charge in [0.25, 0.3) is 5.91 Å². The number of ether oxygens (including phenoxy) is 1. The molecule has 26 heavy (non-hydrogen) atoms. The van der Waals surface area contributed by atoms with E-state index in [0.717, 1.165) is 16.2 Å². The molecule has 1 aliphatic heterocycles. The SMILES string of the molecule is CC(C)Oc1ccc(/C=C2/NC(=O)N(Cc3ccc(F)cc3)C2=O)cc1. The van der Waals surface area contributed by atoms with Crippen molar-refractivity contribution >= 4 is 18.0 Å². The highest BCUT2D eigenvalue weighted by Crippen LogP contribution is 2.19. The molecule has 0 radical (unpaired) electrons. The second-order valence-electron chi connectivity index (χ2n) is 6.24. The van der Waals surface area contributed by atoms with Gasteiger partial charge in [0.1, 0.15) is 17.3 Å². The highest BCUT2D eigenvalue weighted by molar-refractivity contribution is 6.13. The molecule has 1 heterocycles. The van der Waals surface area contributed by atoms with Crippen LogP contribution in [0, 0.1) is 5.82 Å². The van der Waals surface area contributed by atoms with E-state index in [-0.39, 0.29) is 24.2 Å². The van der Waals surface area contributed by atoms with E-state index in [9.17, 15) is 14.0 Å². The molecule has 2 aromatic rings. The average Bonchev–Trinajstić information content (AvgIpc) is 2.85. The summed E-state index contributed by atoms with van der Waals surface area (Å²) in [5.41, 5.74) is 1.65. The monoisotopic (exact) mass is 354 g/mol. The molecule has 0 atom stereocenters.